The third-order valence-electron chi connectivity index (χ3n) is 3.50. The predicted molar refractivity (Wildman–Crippen MR) is 79.5 cm³/mol. The van der Waals surface area contributed by atoms with E-state index in [1.54, 1.807) is 0 Å². The van der Waals surface area contributed by atoms with E-state index in [1.807, 2.05) is 12.1 Å². The molecule has 1 atom stereocenters. The van der Waals surface area contributed by atoms with Crippen LogP contribution in [0.3, 0.4) is 0 Å². The van der Waals surface area contributed by atoms with Crippen LogP contribution in [0.15, 0.2) is 12.1 Å². The Morgan fingerprint density at radius 2 is 2.10 bits per heavy atom. The molecule has 2 rings (SSSR count). The van der Waals surface area contributed by atoms with Crippen molar-refractivity contribution in [2.24, 2.45) is 5.73 Å². The molecular formula is C16H22N2O3. The molecule has 0 spiro atoms. The van der Waals surface area contributed by atoms with Crippen molar-refractivity contribution in [3.8, 4) is 23.3 Å². The van der Waals surface area contributed by atoms with Gasteiger partial charge in [-0.05, 0) is 37.3 Å². The van der Waals surface area contributed by atoms with E-state index in [0.717, 1.165) is 48.5 Å². The maximum Gasteiger partial charge on any atom is 0.231 e. The lowest BCUT2D eigenvalue weighted by Gasteiger charge is -2.15. The van der Waals surface area contributed by atoms with E-state index in [9.17, 15) is 0 Å². The minimum absolute atomic E-state index is 0.103. The summed E-state index contributed by atoms with van der Waals surface area (Å²) < 4.78 is 16.7. The molecule has 1 aliphatic heterocycles. The summed E-state index contributed by atoms with van der Waals surface area (Å²) in [5, 5.41) is 8.52. The predicted octanol–water partition coefficient (Wildman–Crippen LogP) is 2.77. The number of ether oxygens (including phenoxy) is 3. The van der Waals surface area contributed by atoms with Crippen molar-refractivity contribution in [2.45, 2.75) is 45.1 Å². The van der Waals surface area contributed by atoms with Crippen LogP contribution < -0.4 is 19.9 Å². The lowest BCUT2D eigenvalue weighted by atomic mass is 10.0. The van der Waals surface area contributed by atoms with Gasteiger partial charge in [-0.3, -0.25) is 0 Å². The Balaban J connectivity index is 2.04. The van der Waals surface area contributed by atoms with Gasteiger partial charge in [0.1, 0.15) is 5.75 Å². The summed E-state index contributed by atoms with van der Waals surface area (Å²) in [4.78, 5) is 0. The van der Waals surface area contributed by atoms with Gasteiger partial charge in [0.25, 0.3) is 0 Å². The fourth-order valence-corrected chi connectivity index (χ4v) is 2.17. The first kappa shape index (κ1) is 15.5. The number of nitrogens with two attached hydrogens (primary N) is 1. The summed E-state index contributed by atoms with van der Waals surface area (Å²) in [6.45, 7) is 2.91. The highest BCUT2D eigenvalue weighted by molar-refractivity contribution is 5.52. The van der Waals surface area contributed by atoms with Crippen LogP contribution in [0.4, 0.5) is 0 Å². The SMILES string of the molecule is CCC(N)Cc1cc2c(cc1OCCCCC#N)OCO2. The van der Waals surface area contributed by atoms with Gasteiger partial charge in [-0.15, -0.1) is 0 Å². The number of hydrogen-bond acceptors (Lipinski definition) is 5. The van der Waals surface area contributed by atoms with Gasteiger partial charge in [-0.2, -0.15) is 5.26 Å². The molecular weight excluding hydrogens is 268 g/mol. The number of nitriles is 1. The monoisotopic (exact) mass is 290 g/mol. The van der Waals surface area contributed by atoms with Crippen LogP contribution in [0.1, 0.15) is 38.2 Å². The van der Waals surface area contributed by atoms with Crippen molar-refractivity contribution in [1.82, 2.24) is 0 Å². The van der Waals surface area contributed by atoms with Gasteiger partial charge < -0.3 is 19.9 Å². The summed E-state index contributed by atoms with van der Waals surface area (Å²) in [6, 6.07) is 6.08. The van der Waals surface area contributed by atoms with Crippen LogP contribution in [-0.4, -0.2) is 19.4 Å². The van der Waals surface area contributed by atoms with Gasteiger partial charge in [0, 0.05) is 18.5 Å². The molecule has 5 nitrogen and oxygen atoms in total. The van der Waals surface area contributed by atoms with Gasteiger partial charge in [-0.1, -0.05) is 6.92 Å². The molecule has 5 heteroatoms. The summed E-state index contributed by atoms with van der Waals surface area (Å²) in [6.07, 6.45) is 3.95. The molecule has 0 aliphatic carbocycles. The summed E-state index contributed by atoms with van der Waals surface area (Å²) in [5.41, 5.74) is 7.10. The molecule has 114 valence electrons. The van der Waals surface area contributed by atoms with E-state index in [4.69, 9.17) is 25.2 Å². The van der Waals surface area contributed by atoms with Crippen LogP contribution in [-0.2, 0) is 6.42 Å². The highest BCUT2D eigenvalue weighted by Crippen LogP contribution is 2.38. The first-order chi connectivity index (χ1) is 10.2. The maximum atomic E-state index is 8.52. The molecule has 1 aromatic carbocycles. The number of rotatable bonds is 8. The Kier molecular flexibility index (Phi) is 5.70. The zero-order valence-electron chi connectivity index (χ0n) is 12.4. The van der Waals surface area contributed by atoms with E-state index in [2.05, 4.69) is 13.0 Å². The Hall–Kier alpha value is -1.93. The second kappa shape index (κ2) is 7.75. The van der Waals surface area contributed by atoms with Gasteiger partial charge in [-0.25, -0.2) is 0 Å². The summed E-state index contributed by atoms with van der Waals surface area (Å²) in [5.74, 6) is 2.28. The van der Waals surface area contributed by atoms with Gasteiger partial charge in [0.05, 0.1) is 12.7 Å². The molecule has 0 amide bonds. The average molecular weight is 290 g/mol. The number of nitrogens with zero attached hydrogens (tertiary/aromatic N) is 1. The number of fused-ring (bicyclic) bond motifs is 1. The molecule has 0 bridgehead atoms. The first-order valence-electron chi connectivity index (χ1n) is 7.42. The topological polar surface area (TPSA) is 77.5 Å². The molecule has 0 fully saturated rings. The van der Waals surface area contributed by atoms with Crippen molar-refractivity contribution < 1.29 is 14.2 Å². The number of unbranched alkanes of at least 4 members (excludes halogenated alkanes) is 2. The third kappa shape index (κ3) is 4.27. The van der Waals surface area contributed by atoms with E-state index in [1.165, 1.54) is 0 Å². The van der Waals surface area contributed by atoms with Crippen LogP contribution in [0.5, 0.6) is 17.2 Å². The zero-order valence-corrected chi connectivity index (χ0v) is 12.4. The molecule has 1 aliphatic rings. The molecule has 1 heterocycles. The number of benzene rings is 1. The fourth-order valence-electron chi connectivity index (χ4n) is 2.17. The number of hydrogen-bond donors (Lipinski definition) is 1. The van der Waals surface area contributed by atoms with Crippen LogP contribution in [0.25, 0.3) is 0 Å². The highest BCUT2D eigenvalue weighted by Gasteiger charge is 2.19. The van der Waals surface area contributed by atoms with Crippen LogP contribution >= 0.6 is 0 Å². The van der Waals surface area contributed by atoms with E-state index < -0.39 is 0 Å². The second-order valence-electron chi connectivity index (χ2n) is 5.15. The fraction of sp³-hybridized carbons (Fsp3) is 0.562. The van der Waals surface area contributed by atoms with Crippen molar-refractivity contribution in [3.63, 3.8) is 0 Å². The van der Waals surface area contributed by atoms with E-state index in [0.29, 0.717) is 13.0 Å². The lowest BCUT2D eigenvalue weighted by Crippen LogP contribution is -2.21. The van der Waals surface area contributed by atoms with Crippen LogP contribution in [0, 0.1) is 11.3 Å². The lowest BCUT2D eigenvalue weighted by molar-refractivity contribution is 0.173. The van der Waals surface area contributed by atoms with E-state index >= 15 is 0 Å². The molecule has 0 aromatic heterocycles. The minimum atomic E-state index is 0.103. The van der Waals surface area contributed by atoms with Crippen molar-refractivity contribution >= 4 is 0 Å². The largest absolute Gasteiger partial charge is 0.493 e. The standard InChI is InChI=1S/C16H22N2O3/c1-2-13(18)8-12-9-15-16(21-11-20-15)10-14(12)19-7-5-3-4-6-17/h9-10,13H,2-5,7-8,11,18H2,1H3. The smallest absolute Gasteiger partial charge is 0.231 e. The summed E-state index contributed by atoms with van der Waals surface area (Å²) in [7, 11) is 0. The van der Waals surface area contributed by atoms with Gasteiger partial charge in [0.2, 0.25) is 6.79 Å². The molecule has 21 heavy (non-hydrogen) atoms. The molecule has 0 saturated carbocycles. The Morgan fingerprint density at radius 3 is 2.81 bits per heavy atom. The van der Waals surface area contributed by atoms with E-state index in [-0.39, 0.29) is 12.8 Å². The average Bonchev–Trinajstić information content (AvgIpc) is 2.94. The quantitative estimate of drug-likeness (QED) is 0.745. The first-order valence-corrected chi connectivity index (χ1v) is 7.42. The molecule has 0 radical (unpaired) electrons. The zero-order chi connectivity index (χ0) is 15.1. The Labute approximate surface area is 125 Å². The molecule has 0 saturated heterocycles. The Bertz CT molecular complexity index is 511. The van der Waals surface area contributed by atoms with Gasteiger partial charge in [0.15, 0.2) is 11.5 Å². The third-order valence-corrected chi connectivity index (χ3v) is 3.50. The minimum Gasteiger partial charge on any atom is -0.493 e. The van der Waals surface area contributed by atoms with Crippen LogP contribution in [0.2, 0.25) is 0 Å². The highest BCUT2D eigenvalue weighted by atomic mass is 16.7. The molecule has 1 aromatic rings. The van der Waals surface area contributed by atoms with Gasteiger partial charge >= 0.3 is 0 Å². The molecule has 2 N–H and O–H groups in total. The second-order valence-corrected chi connectivity index (χ2v) is 5.15. The molecule has 1 unspecified atom stereocenters. The Morgan fingerprint density at radius 1 is 1.33 bits per heavy atom. The van der Waals surface area contributed by atoms with Crippen molar-refractivity contribution in [3.05, 3.63) is 17.7 Å². The summed E-state index contributed by atoms with van der Waals surface area (Å²) >= 11 is 0. The van der Waals surface area contributed by atoms with Crippen molar-refractivity contribution in [1.29, 1.82) is 5.26 Å². The normalized spacial score (nSPS) is 13.8. The maximum absolute atomic E-state index is 8.52. The van der Waals surface area contributed by atoms with Crippen molar-refractivity contribution in [2.75, 3.05) is 13.4 Å².